The SMILES string of the molecule is Cc1ccc(C(=O)c2ncccc2C2CCCN2C2CCCN2C)cc1. The third kappa shape index (κ3) is 3.19. The van der Waals surface area contributed by atoms with Crippen LogP contribution in [0.15, 0.2) is 42.6 Å². The van der Waals surface area contributed by atoms with Gasteiger partial charge in [0.2, 0.25) is 5.78 Å². The first kappa shape index (κ1) is 17.4. The van der Waals surface area contributed by atoms with Crippen molar-refractivity contribution >= 4 is 5.78 Å². The van der Waals surface area contributed by atoms with E-state index in [9.17, 15) is 4.79 Å². The predicted molar refractivity (Wildman–Crippen MR) is 103 cm³/mol. The first-order valence-electron chi connectivity index (χ1n) is 9.67. The Morgan fingerprint density at radius 1 is 1.08 bits per heavy atom. The lowest BCUT2D eigenvalue weighted by molar-refractivity contribution is 0.0804. The molecule has 0 N–H and O–H groups in total. The van der Waals surface area contributed by atoms with E-state index in [0.717, 1.165) is 36.2 Å². The van der Waals surface area contributed by atoms with Crippen molar-refractivity contribution in [1.82, 2.24) is 14.8 Å². The molecule has 2 aromatic rings. The van der Waals surface area contributed by atoms with Crippen molar-refractivity contribution in [2.45, 2.75) is 44.8 Å². The molecule has 2 unspecified atom stereocenters. The maximum atomic E-state index is 13.1. The summed E-state index contributed by atoms with van der Waals surface area (Å²) in [5.74, 6) is 0.0345. The molecule has 0 radical (unpaired) electrons. The van der Waals surface area contributed by atoms with E-state index in [4.69, 9.17) is 0 Å². The molecule has 1 aromatic heterocycles. The number of aryl methyl sites for hydroxylation is 1. The van der Waals surface area contributed by atoms with Gasteiger partial charge >= 0.3 is 0 Å². The van der Waals surface area contributed by atoms with Gasteiger partial charge < -0.3 is 0 Å². The maximum absolute atomic E-state index is 13.1. The van der Waals surface area contributed by atoms with Gasteiger partial charge in [-0.1, -0.05) is 35.9 Å². The van der Waals surface area contributed by atoms with Gasteiger partial charge in [0.15, 0.2) is 0 Å². The van der Waals surface area contributed by atoms with Gasteiger partial charge in [0.25, 0.3) is 0 Å². The minimum Gasteiger partial charge on any atom is -0.291 e. The molecular formula is C22H27N3O. The Morgan fingerprint density at radius 2 is 1.85 bits per heavy atom. The van der Waals surface area contributed by atoms with Crippen LogP contribution >= 0.6 is 0 Å². The largest absolute Gasteiger partial charge is 0.291 e. The standard InChI is InChI=1S/C22H27N3O/c1-16-9-11-17(12-10-16)22(26)21-18(6-3-13-23-21)19-7-4-15-25(19)20-8-5-14-24(20)2/h3,6,9-13,19-20H,4-5,7-8,14-15H2,1-2H3. The Bertz CT molecular complexity index is 786. The van der Waals surface area contributed by atoms with Crippen molar-refractivity contribution in [1.29, 1.82) is 0 Å². The Balaban J connectivity index is 1.67. The van der Waals surface area contributed by atoms with Gasteiger partial charge in [0, 0.05) is 24.3 Å². The molecule has 4 nitrogen and oxygen atoms in total. The molecule has 4 rings (SSSR count). The summed E-state index contributed by atoms with van der Waals surface area (Å²) in [4.78, 5) is 22.7. The minimum atomic E-state index is 0.0345. The molecule has 3 heterocycles. The topological polar surface area (TPSA) is 36.4 Å². The highest BCUT2D eigenvalue weighted by molar-refractivity contribution is 6.08. The summed E-state index contributed by atoms with van der Waals surface area (Å²) in [6.07, 6.45) is 6.99. The second-order valence-electron chi connectivity index (χ2n) is 7.64. The minimum absolute atomic E-state index is 0.0345. The molecule has 0 saturated carbocycles. The molecule has 2 atom stereocenters. The van der Waals surface area contributed by atoms with Crippen LogP contribution in [0.1, 0.15) is 58.9 Å². The third-order valence-electron chi connectivity index (χ3n) is 5.89. The van der Waals surface area contributed by atoms with Crippen LogP contribution < -0.4 is 0 Å². The number of pyridine rings is 1. The highest BCUT2D eigenvalue weighted by Gasteiger charge is 2.37. The van der Waals surface area contributed by atoms with Gasteiger partial charge in [0.1, 0.15) is 5.69 Å². The third-order valence-corrected chi connectivity index (χ3v) is 5.89. The number of aromatic nitrogens is 1. The van der Waals surface area contributed by atoms with Crippen molar-refractivity contribution in [2.75, 3.05) is 20.1 Å². The molecule has 1 aromatic carbocycles. The van der Waals surface area contributed by atoms with Gasteiger partial charge in [-0.25, -0.2) is 0 Å². The van der Waals surface area contributed by atoms with E-state index in [1.807, 2.05) is 37.3 Å². The lowest BCUT2D eigenvalue weighted by atomic mass is 9.96. The normalized spacial score (nSPS) is 24.2. The summed E-state index contributed by atoms with van der Waals surface area (Å²) >= 11 is 0. The Kier molecular flexibility index (Phi) is 4.88. The molecule has 0 aliphatic carbocycles. The Morgan fingerprint density at radius 3 is 2.58 bits per heavy atom. The fourth-order valence-electron chi connectivity index (χ4n) is 4.51. The molecule has 0 bridgehead atoms. The lowest BCUT2D eigenvalue weighted by Crippen LogP contribution is -2.42. The molecule has 26 heavy (non-hydrogen) atoms. The summed E-state index contributed by atoms with van der Waals surface area (Å²) in [6, 6.07) is 12.2. The molecule has 0 spiro atoms. The van der Waals surface area contributed by atoms with Crippen molar-refractivity contribution < 1.29 is 4.79 Å². The number of benzene rings is 1. The van der Waals surface area contributed by atoms with E-state index in [2.05, 4.69) is 27.9 Å². The van der Waals surface area contributed by atoms with E-state index in [-0.39, 0.29) is 5.78 Å². The van der Waals surface area contributed by atoms with E-state index in [0.29, 0.717) is 17.9 Å². The van der Waals surface area contributed by atoms with E-state index < -0.39 is 0 Å². The quantitative estimate of drug-likeness (QED) is 0.787. The van der Waals surface area contributed by atoms with Gasteiger partial charge in [-0.15, -0.1) is 0 Å². The fourth-order valence-corrected chi connectivity index (χ4v) is 4.51. The molecule has 2 fully saturated rings. The van der Waals surface area contributed by atoms with Crippen molar-refractivity contribution in [2.24, 2.45) is 0 Å². The van der Waals surface area contributed by atoms with Crippen LogP contribution in [0, 0.1) is 6.92 Å². The van der Waals surface area contributed by atoms with Crippen LogP contribution in [0.25, 0.3) is 0 Å². The average Bonchev–Trinajstić information content (AvgIpc) is 3.30. The lowest BCUT2D eigenvalue weighted by Gasteiger charge is -2.35. The van der Waals surface area contributed by atoms with Crippen LogP contribution in [0.2, 0.25) is 0 Å². The first-order valence-corrected chi connectivity index (χ1v) is 9.67. The van der Waals surface area contributed by atoms with Gasteiger partial charge in [-0.2, -0.15) is 0 Å². The number of hydrogen-bond donors (Lipinski definition) is 0. The van der Waals surface area contributed by atoms with Gasteiger partial charge in [-0.05, 0) is 57.8 Å². The van der Waals surface area contributed by atoms with Crippen LogP contribution in [0.5, 0.6) is 0 Å². The van der Waals surface area contributed by atoms with Crippen molar-refractivity contribution in [3.63, 3.8) is 0 Å². The van der Waals surface area contributed by atoms with Crippen LogP contribution in [0.3, 0.4) is 0 Å². The van der Waals surface area contributed by atoms with E-state index in [1.165, 1.54) is 19.3 Å². The van der Waals surface area contributed by atoms with Crippen LogP contribution in [-0.4, -0.2) is 46.9 Å². The highest BCUT2D eigenvalue weighted by atomic mass is 16.1. The van der Waals surface area contributed by atoms with Gasteiger partial charge in [0.05, 0.1) is 6.17 Å². The monoisotopic (exact) mass is 349 g/mol. The van der Waals surface area contributed by atoms with Crippen molar-refractivity contribution in [3.8, 4) is 0 Å². The van der Waals surface area contributed by atoms with Gasteiger partial charge in [-0.3, -0.25) is 19.6 Å². The zero-order valence-electron chi connectivity index (χ0n) is 15.7. The summed E-state index contributed by atoms with van der Waals surface area (Å²) in [6.45, 7) is 4.30. The average molecular weight is 349 g/mol. The smallest absolute Gasteiger partial charge is 0.211 e. The van der Waals surface area contributed by atoms with Crippen molar-refractivity contribution in [3.05, 3.63) is 65.0 Å². The van der Waals surface area contributed by atoms with Crippen LogP contribution in [0.4, 0.5) is 0 Å². The number of nitrogens with zero attached hydrogens (tertiary/aromatic N) is 3. The number of ketones is 1. The number of rotatable bonds is 4. The van der Waals surface area contributed by atoms with Crippen LogP contribution in [-0.2, 0) is 0 Å². The zero-order chi connectivity index (χ0) is 18.1. The highest BCUT2D eigenvalue weighted by Crippen LogP contribution is 2.38. The summed E-state index contributed by atoms with van der Waals surface area (Å²) in [5.41, 5.74) is 3.59. The molecule has 2 saturated heterocycles. The second kappa shape index (κ2) is 7.29. The second-order valence-corrected chi connectivity index (χ2v) is 7.64. The summed E-state index contributed by atoms with van der Waals surface area (Å²) in [7, 11) is 2.22. The number of carbonyl (C=O) groups is 1. The molecule has 136 valence electrons. The van der Waals surface area contributed by atoms with E-state index >= 15 is 0 Å². The first-order chi connectivity index (χ1) is 12.6. The predicted octanol–water partition coefficient (Wildman–Crippen LogP) is 3.81. The Labute approximate surface area is 155 Å². The number of carbonyl (C=O) groups excluding carboxylic acids is 1. The maximum Gasteiger partial charge on any atom is 0.211 e. The summed E-state index contributed by atoms with van der Waals surface area (Å²) in [5, 5.41) is 0. The molecule has 2 aliphatic rings. The fraction of sp³-hybridized carbons (Fsp3) is 0.455. The Hall–Kier alpha value is -2.04. The number of hydrogen-bond acceptors (Lipinski definition) is 4. The molecule has 4 heteroatoms. The van der Waals surface area contributed by atoms with E-state index in [1.54, 1.807) is 6.20 Å². The summed E-state index contributed by atoms with van der Waals surface area (Å²) < 4.78 is 0. The molecular weight excluding hydrogens is 322 g/mol. The zero-order valence-corrected chi connectivity index (χ0v) is 15.7. The molecule has 2 aliphatic heterocycles. The molecule has 0 amide bonds. The number of likely N-dealkylation sites (tertiary alicyclic amines) is 2.